The Morgan fingerprint density at radius 3 is 1.87 bits per heavy atom. The molecule has 0 aromatic rings. The first kappa shape index (κ1) is 14.6. The molecule has 0 fully saturated rings. The minimum absolute atomic E-state index is 0.213. The Morgan fingerprint density at radius 1 is 1.27 bits per heavy atom. The number of aliphatic hydroxyl groups is 1. The van der Waals surface area contributed by atoms with Crippen LogP contribution in [0.25, 0.3) is 0 Å². The van der Waals surface area contributed by atoms with Crippen LogP contribution in [0.3, 0.4) is 0 Å². The van der Waals surface area contributed by atoms with E-state index in [0.717, 1.165) is 5.84 Å². The molecule has 0 saturated heterocycles. The average Bonchev–Trinajstić information content (AvgIpc) is 1.96. The predicted molar refractivity (Wildman–Crippen MR) is 70.2 cm³/mol. The van der Waals surface area contributed by atoms with Gasteiger partial charge < -0.3 is 10.0 Å². The molecule has 90 valence electrons. The lowest BCUT2D eigenvalue weighted by atomic mass is 10.3. The van der Waals surface area contributed by atoms with Crippen molar-refractivity contribution in [3.63, 3.8) is 0 Å². The van der Waals surface area contributed by atoms with Crippen molar-refractivity contribution in [2.75, 3.05) is 14.1 Å². The molecule has 15 heavy (non-hydrogen) atoms. The summed E-state index contributed by atoms with van der Waals surface area (Å²) in [5.41, 5.74) is 0. The van der Waals surface area contributed by atoms with Crippen molar-refractivity contribution in [1.29, 1.82) is 0 Å². The summed E-state index contributed by atoms with van der Waals surface area (Å²) in [5, 5.41) is 9.84. The third-order valence-corrected chi connectivity index (χ3v) is 5.84. The summed E-state index contributed by atoms with van der Waals surface area (Å²) in [6, 6.07) is 0.213. The van der Waals surface area contributed by atoms with Gasteiger partial charge in [-0.1, -0.05) is 19.6 Å². The molecular formula is C11H26N2OSi. The molecule has 1 unspecified atom stereocenters. The molecule has 0 saturated carbocycles. The van der Waals surface area contributed by atoms with Gasteiger partial charge in [0.25, 0.3) is 0 Å². The highest BCUT2D eigenvalue weighted by Gasteiger charge is 2.42. The van der Waals surface area contributed by atoms with Gasteiger partial charge in [0.1, 0.15) is 11.1 Å². The van der Waals surface area contributed by atoms with Gasteiger partial charge in [-0.15, -0.1) is 0 Å². The Labute approximate surface area is 95.2 Å². The molecule has 0 aliphatic rings. The summed E-state index contributed by atoms with van der Waals surface area (Å²) >= 11 is 0. The summed E-state index contributed by atoms with van der Waals surface area (Å²) in [4.78, 5) is 6.47. The van der Waals surface area contributed by atoms with Crippen LogP contribution in [0.4, 0.5) is 0 Å². The first-order chi connectivity index (χ1) is 6.50. The van der Waals surface area contributed by atoms with E-state index < -0.39 is 13.3 Å². The molecule has 0 spiro atoms. The Hall–Kier alpha value is -0.353. The van der Waals surface area contributed by atoms with Crippen molar-refractivity contribution in [2.24, 2.45) is 4.99 Å². The third kappa shape index (κ3) is 3.61. The Kier molecular flexibility index (Phi) is 4.55. The van der Waals surface area contributed by atoms with E-state index in [9.17, 15) is 5.11 Å². The number of hydrogen-bond acceptors (Lipinski definition) is 2. The minimum Gasteiger partial charge on any atom is -0.386 e. The molecule has 0 amide bonds. The summed E-state index contributed by atoms with van der Waals surface area (Å²) in [6.07, 6.45) is 0. The highest BCUT2D eigenvalue weighted by Crippen LogP contribution is 2.23. The van der Waals surface area contributed by atoms with Gasteiger partial charge in [-0.05, 0) is 20.8 Å². The number of aliphatic imine (C=N–C) groups is 1. The molecule has 0 rings (SSSR count). The van der Waals surface area contributed by atoms with Gasteiger partial charge in [-0.25, -0.2) is 0 Å². The highest BCUT2D eigenvalue weighted by atomic mass is 28.3. The van der Waals surface area contributed by atoms with E-state index in [2.05, 4.69) is 24.6 Å². The smallest absolute Gasteiger partial charge is 0.127 e. The number of rotatable bonds is 3. The molecule has 0 aliphatic heterocycles. The van der Waals surface area contributed by atoms with E-state index in [1.54, 1.807) is 0 Å². The van der Waals surface area contributed by atoms with Crippen LogP contribution >= 0.6 is 0 Å². The Bertz CT molecular complexity index is 239. The van der Waals surface area contributed by atoms with Crippen LogP contribution in [0, 0.1) is 0 Å². The maximum absolute atomic E-state index is 10.6. The number of amidine groups is 1. The second-order valence-electron chi connectivity index (χ2n) is 5.76. The van der Waals surface area contributed by atoms with Crippen molar-refractivity contribution in [1.82, 2.24) is 4.90 Å². The summed E-state index contributed by atoms with van der Waals surface area (Å²) in [7, 11) is 2.19. The van der Waals surface area contributed by atoms with Crippen LogP contribution < -0.4 is 0 Å². The summed E-state index contributed by atoms with van der Waals surface area (Å²) < 4.78 is 0. The van der Waals surface area contributed by atoms with Gasteiger partial charge in [0.2, 0.25) is 0 Å². The molecule has 0 radical (unpaired) electrons. The SMILES string of the molecule is CC(C)N=C(N(C)C)C(C)(O)[Si](C)(C)C. The summed E-state index contributed by atoms with van der Waals surface area (Å²) in [6.45, 7) is 12.4. The zero-order valence-electron chi connectivity index (χ0n) is 11.4. The fraction of sp³-hybridized carbons (Fsp3) is 0.909. The first-order valence-electron chi connectivity index (χ1n) is 5.48. The van der Waals surface area contributed by atoms with Crippen molar-refractivity contribution in [3.8, 4) is 0 Å². The maximum Gasteiger partial charge on any atom is 0.127 e. The van der Waals surface area contributed by atoms with E-state index in [-0.39, 0.29) is 6.04 Å². The van der Waals surface area contributed by atoms with Crippen LogP contribution in [0.5, 0.6) is 0 Å². The molecule has 0 bridgehead atoms. The topological polar surface area (TPSA) is 35.8 Å². The van der Waals surface area contributed by atoms with Crippen LogP contribution in [0.2, 0.25) is 19.6 Å². The van der Waals surface area contributed by atoms with Gasteiger partial charge in [0.15, 0.2) is 0 Å². The van der Waals surface area contributed by atoms with Crippen molar-refractivity contribution in [3.05, 3.63) is 0 Å². The maximum atomic E-state index is 10.6. The number of likely N-dealkylation sites (N-methyl/N-ethyl adjacent to an activating group) is 1. The van der Waals surface area contributed by atoms with Gasteiger partial charge in [-0.3, -0.25) is 4.99 Å². The van der Waals surface area contributed by atoms with Gasteiger partial charge in [0, 0.05) is 20.1 Å². The average molecular weight is 230 g/mol. The van der Waals surface area contributed by atoms with Crippen LogP contribution in [-0.2, 0) is 0 Å². The highest BCUT2D eigenvalue weighted by molar-refractivity contribution is 6.82. The Balaban J connectivity index is 5.28. The predicted octanol–water partition coefficient (Wildman–Crippen LogP) is 1.98. The molecule has 1 atom stereocenters. The molecule has 4 heteroatoms. The van der Waals surface area contributed by atoms with E-state index >= 15 is 0 Å². The van der Waals surface area contributed by atoms with Crippen LogP contribution in [-0.4, -0.2) is 49.3 Å². The number of hydrogen-bond donors (Lipinski definition) is 1. The van der Waals surface area contributed by atoms with Gasteiger partial charge in [-0.2, -0.15) is 0 Å². The van der Waals surface area contributed by atoms with E-state index in [1.165, 1.54) is 0 Å². The minimum atomic E-state index is -1.69. The Morgan fingerprint density at radius 2 is 1.67 bits per heavy atom. The third-order valence-electron chi connectivity index (χ3n) is 2.70. The second-order valence-corrected chi connectivity index (χ2v) is 11.2. The zero-order valence-corrected chi connectivity index (χ0v) is 12.4. The summed E-state index contributed by atoms with van der Waals surface area (Å²) in [5.74, 6) is 0.802. The first-order valence-corrected chi connectivity index (χ1v) is 8.98. The van der Waals surface area contributed by atoms with E-state index in [4.69, 9.17) is 0 Å². The van der Waals surface area contributed by atoms with Crippen LogP contribution in [0.15, 0.2) is 4.99 Å². The van der Waals surface area contributed by atoms with Crippen molar-refractivity contribution >= 4 is 13.9 Å². The zero-order chi connectivity index (χ0) is 12.4. The lowest BCUT2D eigenvalue weighted by Gasteiger charge is -2.39. The monoisotopic (exact) mass is 230 g/mol. The standard InChI is InChI=1S/C11H26N2OSi/c1-9(2)12-10(13(4)5)11(3,14)15(6,7)8/h9,14H,1-8H3. The van der Waals surface area contributed by atoms with Crippen molar-refractivity contribution < 1.29 is 5.11 Å². The molecular weight excluding hydrogens is 204 g/mol. The molecule has 0 heterocycles. The fourth-order valence-electron chi connectivity index (χ4n) is 1.26. The second kappa shape index (κ2) is 4.66. The van der Waals surface area contributed by atoms with E-state index in [1.807, 2.05) is 39.8 Å². The molecule has 0 aliphatic carbocycles. The van der Waals surface area contributed by atoms with Crippen molar-refractivity contribution in [2.45, 2.75) is 51.7 Å². The lowest BCUT2D eigenvalue weighted by molar-refractivity contribution is 0.192. The van der Waals surface area contributed by atoms with Gasteiger partial charge in [0.05, 0.1) is 8.07 Å². The number of nitrogens with zero attached hydrogens (tertiary/aromatic N) is 2. The lowest BCUT2D eigenvalue weighted by Crippen LogP contribution is -2.59. The molecule has 0 aromatic heterocycles. The molecule has 0 aromatic carbocycles. The van der Waals surface area contributed by atoms with E-state index in [0.29, 0.717) is 0 Å². The normalized spacial score (nSPS) is 17.9. The fourth-order valence-corrected chi connectivity index (χ4v) is 2.22. The quantitative estimate of drug-likeness (QED) is 0.457. The largest absolute Gasteiger partial charge is 0.386 e. The molecule has 3 nitrogen and oxygen atoms in total. The van der Waals surface area contributed by atoms with Gasteiger partial charge >= 0.3 is 0 Å². The molecule has 1 N–H and O–H groups in total. The van der Waals surface area contributed by atoms with Crippen LogP contribution in [0.1, 0.15) is 20.8 Å².